The van der Waals surface area contributed by atoms with E-state index in [0.717, 1.165) is 37.6 Å². The van der Waals surface area contributed by atoms with Gasteiger partial charge in [0.2, 0.25) is 0 Å². The highest BCUT2D eigenvalue weighted by Gasteiger charge is 2.23. The fourth-order valence-electron chi connectivity index (χ4n) is 3.97. The molecule has 0 radical (unpaired) electrons. The van der Waals surface area contributed by atoms with Crippen LogP contribution in [0, 0.1) is 0 Å². The number of nitrogens with one attached hydrogen (secondary N) is 3. The average Bonchev–Trinajstić information content (AvgIpc) is 3.36. The largest absolute Gasteiger partial charge is 0.354 e. The van der Waals surface area contributed by atoms with E-state index >= 15 is 0 Å². The minimum Gasteiger partial charge on any atom is -0.354 e. The fraction of sp³-hybridized carbons (Fsp3) is 0.462. The Morgan fingerprint density at radius 3 is 2.30 bits per heavy atom. The van der Waals surface area contributed by atoms with E-state index in [1.165, 1.54) is 18.4 Å². The molecule has 180 valence electrons. The first-order valence-electron chi connectivity index (χ1n) is 11.7. The van der Waals surface area contributed by atoms with Crippen molar-refractivity contribution in [3.63, 3.8) is 0 Å². The molecule has 6 nitrogen and oxygen atoms in total. The summed E-state index contributed by atoms with van der Waals surface area (Å²) >= 11 is 0. The van der Waals surface area contributed by atoms with Crippen LogP contribution in [-0.4, -0.2) is 49.5 Å². The maximum absolute atomic E-state index is 12.3. The van der Waals surface area contributed by atoms with Crippen LogP contribution in [0.5, 0.6) is 0 Å². The first-order chi connectivity index (χ1) is 15.6. The molecule has 0 saturated carbocycles. The van der Waals surface area contributed by atoms with Gasteiger partial charge in [-0.05, 0) is 62.5 Å². The summed E-state index contributed by atoms with van der Waals surface area (Å²) < 4.78 is 0. The first kappa shape index (κ1) is 27.1. The Labute approximate surface area is 215 Å². The molecule has 2 atom stereocenters. The van der Waals surface area contributed by atoms with Crippen molar-refractivity contribution in [2.75, 3.05) is 26.7 Å². The number of rotatable bonds is 9. The molecular formula is C26H38IN5O. The number of benzene rings is 2. The molecule has 33 heavy (non-hydrogen) atoms. The first-order valence-corrected chi connectivity index (χ1v) is 11.7. The van der Waals surface area contributed by atoms with Crippen LogP contribution in [0.2, 0.25) is 0 Å². The van der Waals surface area contributed by atoms with E-state index < -0.39 is 0 Å². The van der Waals surface area contributed by atoms with Crippen LogP contribution >= 0.6 is 24.0 Å². The second-order valence-electron chi connectivity index (χ2n) is 8.46. The molecule has 1 saturated heterocycles. The Hall–Kier alpha value is -2.13. The third-order valence-corrected chi connectivity index (χ3v) is 6.12. The van der Waals surface area contributed by atoms with E-state index in [1.807, 2.05) is 31.2 Å². The molecule has 1 amide bonds. The molecule has 2 unspecified atom stereocenters. The Bertz CT molecular complexity index is 866. The summed E-state index contributed by atoms with van der Waals surface area (Å²) in [6.45, 7) is 7.81. The number of halogens is 1. The van der Waals surface area contributed by atoms with Crippen molar-refractivity contribution in [3.05, 3.63) is 71.3 Å². The second kappa shape index (κ2) is 14.2. The van der Waals surface area contributed by atoms with Crippen molar-refractivity contribution in [2.45, 2.75) is 51.7 Å². The van der Waals surface area contributed by atoms with Crippen LogP contribution in [0.3, 0.4) is 0 Å². The van der Waals surface area contributed by atoms with Gasteiger partial charge in [-0.1, -0.05) is 49.4 Å². The molecule has 1 aliphatic rings. The predicted molar refractivity (Wildman–Crippen MR) is 147 cm³/mol. The number of nitrogens with zero attached hydrogens (tertiary/aromatic N) is 2. The Morgan fingerprint density at radius 2 is 1.70 bits per heavy atom. The molecule has 2 aromatic carbocycles. The zero-order valence-corrected chi connectivity index (χ0v) is 22.3. The van der Waals surface area contributed by atoms with E-state index in [1.54, 1.807) is 7.05 Å². The molecule has 1 fully saturated rings. The molecule has 7 heteroatoms. The fourth-order valence-corrected chi connectivity index (χ4v) is 3.97. The lowest BCUT2D eigenvalue weighted by molar-refractivity contribution is 0.0939. The van der Waals surface area contributed by atoms with Gasteiger partial charge in [-0.15, -0.1) is 24.0 Å². The number of carbonyl (C=O) groups is 1. The highest BCUT2D eigenvalue weighted by atomic mass is 127. The number of likely N-dealkylation sites (tertiary alicyclic amines) is 1. The smallest absolute Gasteiger partial charge is 0.251 e. The highest BCUT2D eigenvalue weighted by Crippen LogP contribution is 2.24. The molecule has 2 aromatic rings. The van der Waals surface area contributed by atoms with Crippen LogP contribution in [0.25, 0.3) is 0 Å². The molecule has 1 heterocycles. The number of hydrogen-bond acceptors (Lipinski definition) is 3. The number of amides is 1. The minimum absolute atomic E-state index is 0. The number of hydrogen-bond donors (Lipinski definition) is 3. The number of carbonyl (C=O) groups excluding carboxylic acids is 1. The average molecular weight is 564 g/mol. The highest BCUT2D eigenvalue weighted by molar-refractivity contribution is 14.0. The van der Waals surface area contributed by atoms with Crippen molar-refractivity contribution in [1.82, 2.24) is 20.9 Å². The standard InChI is InChI=1S/C26H37N5O.HI/c1-4-20(2)30-25(32)23-14-12-21(13-15-23)18-28-26(27-3)29-19-24(31-16-8-9-17-31)22-10-6-5-7-11-22;/h5-7,10-15,20,24H,4,8-9,16-19H2,1-3H3,(H,30,32)(H2,27,28,29);1H. The van der Waals surface area contributed by atoms with E-state index in [9.17, 15) is 4.79 Å². The lowest BCUT2D eigenvalue weighted by atomic mass is 10.1. The summed E-state index contributed by atoms with van der Waals surface area (Å²) in [5.74, 6) is 0.758. The summed E-state index contributed by atoms with van der Waals surface area (Å²) in [6.07, 6.45) is 3.45. The van der Waals surface area contributed by atoms with Gasteiger partial charge in [0, 0.05) is 31.7 Å². The van der Waals surface area contributed by atoms with Crippen LogP contribution in [0.4, 0.5) is 0 Å². The quantitative estimate of drug-likeness (QED) is 0.241. The second-order valence-corrected chi connectivity index (χ2v) is 8.46. The molecule has 0 bridgehead atoms. The van der Waals surface area contributed by atoms with Crippen molar-refractivity contribution in [3.8, 4) is 0 Å². The normalized spacial score (nSPS) is 15.9. The molecule has 3 rings (SSSR count). The monoisotopic (exact) mass is 563 g/mol. The predicted octanol–water partition coefficient (Wildman–Crippen LogP) is 4.34. The summed E-state index contributed by atoms with van der Waals surface area (Å²) in [5, 5.41) is 9.90. The van der Waals surface area contributed by atoms with E-state index in [-0.39, 0.29) is 35.9 Å². The van der Waals surface area contributed by atoms with Gasteiger partial charge in [0.15, 0.2) is 5.96 Å². The van der Waals surface area contributed by atoms with Crippen LogP contribution in [0.15, 0.2) is 59.6 Å². The molecule has 1 aliphatic heterocycles. The van der Waals surface area contributed by atoms with Crippen LogP contribution in [-0.2, 0) is 6.54 Å². The van der Waals surface area contributed by atoms with Crippen molar-refractivity contribution >= 4 is 35.8 Å². The zero-order chi connectivity index (χ0) is 22.8. The third-order valence-electron chi connectivity index (χ3n) is 6.12. The number of guanidine groups is 1. The summed E-state index contributed by atoms with van der Waals surface area (Å²) in [6, 6.07) is 19.0. The van der Waals surface area contributed by atoms with Gasteiger partial charge in [0.1, 0.15) is 0 Å². The summed E-state index contributed by atoms with van der Waals surface area (Å²) in [5.41, 5.74) is 3.13. The van der Waals surface area contributed by atoms with Crippen molar-refractivity contribution < 1.29 is 4.79 Å². The minimum atomic E-state index is -0.0230. The van der Waals surface area contributed by atoms with E-state index in [2.05, 4.69) is 63.1 Å². The van der Waals surface area contributed by atoms with Gasteiger partial charge in [-0.3, -0.25) is 14.7 Å². The number of aliphatic imine (C=N–C) groups is 1. The molecule has 3 N–H and O–H groups in total. The Balaban J connectivity index is 0.00000385. The maximum atomic E-state index is 12.3. The van der Waals surface area contributed by atoms with Gasteiger partial charge in [-0.2, -0.15) is 0 Å². The summed E-state index contributed by atoms with van der Waals surface area (Å²) in [4.78, 5) is 19.2. The van der Waals surface area contributed by atoms with E-state index in [4.69, 9.17) is 0 Å². The van der Waals surface area contributed by atoms with E-state index in [0.29, 0.717) is 18.2 Å². The van der Waals surface area contributed by atoms with Gasteiger partial charge in [0.25, 0.3) is 5.91 Å². The molecule has 0 spiro atoms. The Kier molecular flexibility index (Phi) is 11.7. The molecule has 0 aliphatic carbocycles. The molecule has 0 aromatic heterocycles. The molecular weight excluding hydrogens is 525 g/mol. The topological polar surface area (TPSA) is 68.8 Å². The lowest BCUT2D eigenvalue weighted by Gasteiger charge is -2.29. The van der Waals surface area contributed by atoms with Crippen molar-refractivity contribution in [2.24, 2.45) is 4.99 Å². The van der Waals surface area contributed by atoms with Crippen LogP contribution < -0.4 is 16.0 Å². The van der Waals surface area contributed by atoms with Crippen molar-refractivity contribution in [1.29, 1.82) is 0 Å². The third kappa shape index (κ3) is 8.30. The Morgan fingerprint density at radius 1 is 1.03 bits per heavy atom. The SMILES string of the molecule is CCC(C)NC(=O)c1ccc(CNC(=NC)NCC(c2ccccc2)N2CCCC2)cc1.I. The van der Waals surface area contributed by atoms with Gasteiger partial charge < -0.3 is 16.0 Å². The van der Waals surface area contributed by atoms with Crippen LogP contribution in [0.1, 0.15) is 60.6 Å². The van der Waals surface area contributed by atoms with Gasteiger partial charge in [0.05, 0.1) is 6.04 Å². The van der Waals surface area contributed by atoms with Gasteiger partial charge >= 0.3 is 0 Å². The zero-order valence-electron chi connectivity index (χ0n) is 20.0. The maximum Gasteiger partial charge on any atom is 0.251 e. The lowest BCUT2D eigenvalue weighted by Crippen LogP contribution is -2.42. The van der Waals surface area contributed by atoms with Gasteiger partial charge in [-0.25, -0.2) is 0 Å². The summed E-state index contributed by atoms with van der Waals surface area (Å²) in [7, 11) is 1.80.